The minimum Gasteiger partial charge on any atom is -0.444 e. The van der Waals surface area contributed by atoms with E-state index < -0.39 is 12.2 Å². The molecule has 0 radical (unpaired) electrons. The summed E-state index contributed by atoms with van der Waals surface area (Å²) in [5, 5.41) is 6.01. The zero-order valence-electron chi connectivity index (χ0n) is 14.5. The van der Waals surface area contributed by atoms with Crippen LogP contribution in [-0.4, -0.2) is 24.4 Å². The van der Waals surface area contributed by atoms with E-state index in [1.807, 2.05) is 30.4 Å². The molecule has 0 heterocycles. The van der Waals surface area contributed by atoms with E-state index in [9.17, 15) is 9.59 Å². The number of hydrogen-bond donors (Lipinski definition) is 0. The number of nitrogens with zero attached hydrogens (tertiary/aromatic N) is 2. The third-order valence-electron chi connectivity index (χ3n) is 2.11. The van der Waals surface area contributed by atoms with Crippen molar-refractivity contribution in [2.45, 2.75) is 39.9 Å². The van der Waals surface area contributed by atoms with Gasteiger partial charge in [0.15, 0.2) is 0 Å². The van der Waals surface area contributed by atoms with Crippen LogP contribution in [0.15, 0.2) is 59.3 Å². The molecule has 0 aliphatic heterocycles. The van der Waals surface area contributed by atoms with Crippen molar-refractivity contribution in [3.63, 3.8) is 0 Å². The fourth-order valence-corrected chi connectivity index (χ4v) is 1.28. The molecule has 0 fully saturated rings. The van der Waals surface area contributed by atoms with E-state index in [0.717, 1.165) is 0 Å². The average molecular weight is 332 g/mol. The van der Waals surface area contributed by atoms with Crippen molar-refractivity contribution in [2.75, 3.05) is 0 Å². The summed E-state index contributed by atoms with van der Waals surface area (Å²) in [7, 11) is 0. The number of azo groups is 1. The molecule has 0 N–H and O–H groups in total. The van der Waals surface area contributed by atoms with Crippen molar-refractivity contribution in [1.82, 2.24) is 0 Å². The van der Waals surface area contributed by atoms with Crippen LogP contribution in [0.2, 0.25) is 0 Å². The van der Waals surface area contributed by atoms with Crippen LogP contribution < -0.4 is 0 Å². The van der Waals surface area contributed by atoms with E-state index in [-0.39, 0.29) is 12.2 Å². The van der Waals surface area contributed by atoms with Crippen LogP contribution in [0, 0.1) is 0 Å². The lowest BCUT2D eigenvalue weighted by atomic mass is 10.2. The van der Waals surface area contributed by atoms with Gasteiger partial charge in [0.2, 0.25) is 0 Å². The van der Waals surface area contributed by atoms with Gasteiger partial charge in [0, 0.05) is 0 Å². The van der Waals surface area contributed by atoms with Gasteiger partial charge in [-0.2, -0.15) is 0 Å². The first-order chi connectivity index (χ1) is 11.3. The summed E-state index contributed by atoms with van der Waals surface area (Å²) in [5.74, 6) is 0. The van der Waals surface area contributed by atoms with E-state index in [1.165, 1.54) is 5.56 Å². The summed E-state index contributed by atoms with van der Waals surface area (Å²) < 4.78 is 9.20. The smallest absolute Gasteiger partial charge is 0.444 e. The maximum absolute atomic E-state index is 10.8. The largest absolute Gasteiger partial charge is 0.452 e. The van der Waals surface area contributed by atoms with E-state index in [2.05, 4.69) is 38.4 Å². The van der Waals surface area contributed by atoms with Gasteiger partial charge in [-0.25, -0.2) is 9.59 Å². The minimum absolute atomic E-state index is 0.289. The first-order valence-electron chi connectivity index (χ1n) is 7.52. The molecule has 130 valence electrons. The number of carbonyl (C=O) groups excluding carboxylic acids is 2. The summed E-state index contributed by atoms with van der Waals surface area (Å²) in [6, 6.07) is 10.1. The highest BCUT2D eigenvalue weighted by Crippen LogP contribution is 2.00. The van der Waals surface area contributed by atoms with Gasteiger partial charge in [0.1, 0.15) is 0 Å². The van der Waals surface area contributed by atoms with E-state index in [1.54, 1.807) is 33.8 Å². The van der Waals surface area contributed by atoms with Crippen molar-refractivity contribution in [3.8, 4) is 0 Å². The predicted octanol–water partition coefficient (Wildman–Crippen LogP) is 5.41. The Morgan fingerprint density at radius 3 is 1.79 bits per heavy atom. The molecule has 0 aliphatic carbocycles. The number of rotatable bonds is 4. The molecule has 0 spiro atoms. The lowest BCUT2D eigenvalue weighted by molar-refractivity contribution is 0.115. The lowest BCUT2D eigenvalue weighted by Crippen LogP contribution is -2.09. The highest BCUT2D eigenvalue weighted by atomic mass is 16.6. The molecule has 0 atom stereocenters. The number of carbonyl (C=O) groups is 2. The van der Waals surface area contributed by atoms with E-state index >= 15 is 0 Å². The topological polar surface area (TPSA) is 77.3 Å². The van der Waals surface area contributed by atoms with Gasteiger partial charge < -0.3 is 9.47 Å². The second-order valence-electron chi connectivity index (χ2n) is 5.07. The Morgan fingerprint density at radius 2 is 1.42 bits per heavy atom. The van der Waals surface area contributed by atoms with E-state index in [4.69, 9.17) is 0 Å². The molecule has 0 saturated carbocycles. The lowest BCUT2D eigenvalue weighted by Gasteiger charge is -2.03. The fraction of sp³-hybridized carbons (Fsp3) is 0.333. The summed E-state index contributed by atoms with van der Waals surface area (Å²) >= 11 is 0. The molecule has 0 aromatic heterocycles. The molecule has 0 bridgehead atoms. The maximum atomic E-state index is 10.8. The normalized spacial score (nSPS) is 10.6. The SMILES string of the molecule is C=CC=Cc1ccccc1.CC(C)OC(=O)N=NC(=O)OC(C)C. The molecular formula is C18H24N2O4. The van der Waals surface area contributed by atoms with Gasteiger partial charge in [-0.05, 0) is 33.3 Å². The second kappa shape index (κ2) is 12.8. The Morgan fingerprint density at radius 1 is 0.958 bits per heavy atom. The van der Waals surface area contributed by atoms with Gasteiger partial charge in [-0.1, -0.05) is 65.4 Å². The van der Waals surface area contributed by atoms with Crippen molar-refractivity contribution in [3.05, 3.63) is 54.6 Å². The van der Waals surface area contributed by atoms with Gasteiger partial charge in [0.25, 0.3) is 0 Å². The van der Waals surface area contributed by atoms with Gasteiger partial charge in [-0.15, -0.1) is 0 Å². The van der Waals surface area contributed by atoms with Crippen LogP contribution in [-0.2, 0) is 9.47 Å². The Bertz CT molecular complexity index is 540. The van der Waals surface area contributed by atoms with Crippen LogP contribution in [0.3, 0.4) is 0 Å². The van der Waals surface area contributed by atoms with Gasteiger partial charge >= 0.3 is 12.2 Å². The van der Waals surface area contributed by atoms with E-state index in [0.29, 0.717) is 0 Å². The molecule has 1 aromatic carbocycles. The van der Waals surface area contributed by atoms with Crippen molar-refractivity contribution in [1.29, 1.82) is 0 Å². The first-order valence-corrected chi connectivity index (χ1v) is 7.52. The molecule has 0 saturated heterocycles. The van der Waals surface area contributed by atoms with Crippen LogP contribution in [0.4, 0.5) is 9.59 Å². The number of benzene rings is 1. The first kappa shape index (κ1) is 21.2. The van der Waals surface area contributed by atoms with Gasteiger partial charge in [0.05, 0.1) is 12.2 Å². The zero-order chi connectivity index (χ0) is 18.4. The molecule has 1 aromatic rings. The molecule has 2 amide bonds. The number of allylic oxidation sites excluding steroid dienone is 2. The molecule has 0 unspecified atom stereocenters. The zero-order valence-corrected chi connectivity index (χ0v) is 14.5. The number of amides is 2. The Kier molecular flexibility index (Phi) is 11.3. The summed E-state index contributed by atoms with van der Waals surface area (Å²) in [5.41, 5.74) is 1.21. The molecule has 6 nitrogen and oxygen atoms in total. The third kappa shape index (κ3) is 12.9. The maximum Gasteiger partial charge on any atom is 0.452 e. The molecular weight excluding hydrogens is 308 g/mol. The molecule has 24 heavy (non-hydrogen) atoms. The Labute approximate surface area is 142 Å². The van der Waals surface area contributed by atoms with Crippen LogP contribution in [0.5, 0.6) is 0 Å². The monoisotopic (exact) mass is 332 g/mol. The summed E-state index contributed by atoms with van der Waals surface area (Å²) in [6.07, 6.45) is 3.33. The quantitative estimate of drug-likeness (QED) is 0.545. The highest BCUT2D eigenvalue weighted by Gasteiger charge is 2.06. The molecule has 6 heteroatoms. The van der Waals surface area contributed by atoms with Crippen LogP contribution >= 0.6 is 0 Å². The average Bonchev–Trinajstić information content (AvgIpc) is 2.51. The predicted molar refractivity (Wildman–Crippen MR) is 93.8 cm³/mol. The van der Waals surface area contributed by atoms with Crippen molar-refractivity contribution in [2.24, 2.45) is 10.2 Å². The number of hydrogen-bond acceptors (Lipinski definition) is 4. The highest BCUT2D eigenvalue weighted by molar-refractivity contribution is 5.73. The molecule has 0 aliphatic rings. The minimum atomic E-state index is -0.902. The fourth-order valence-electron chi connectivity index (χ4n) is 1.28. The third-order valence-corrected chi connectivity index (χ3v) is 2.11. The van der Waals surface area contributed by atoms with Crippen LogP contribution in [0.1, 0.15) is 33.3 Å². The Balaban J connectivity index is 0.000000463. The summed E-state index contributed by atoms with van der Waals surface area (Å²) in [4.78, 5) is 21.5. The van der Waals surface area contributed by atoms with Crippen molar-refractivity contribution < 1.29 is 19.1 Å². The van der Waals surface area contributed by atoms with Crippen molar-refractivity contribution >= 4 is 18.3 Å². The number of ether oxygens (including phenoxy) is 2. The Hall–Kier alpha value is -2.76. The van der Waals surface area contributed by atoms with Crippen LogP contribution in [0.25, 0.3) is 6.08 Å². The second-order valence-corrected chi connectivity index (χ2v) is 5.07. The summed E-state index contributed by atoms with van der Waals surface area (Å²) in [6.45, 7) is 10.3. The standard InChI is InChI=1S/C10H10.C8H14N2O4/c1-2-3-7-10-8-5-4-6-9-10;1-5(2)13-7(11)9-10-8(12)14-6(3)4/h2-9H,1H2;5-6H,1-4H3. The van der Waals surface area contributed by atoms with Gasteiger partial charge in [-0.3, -0.25) is 0 Å². The molecule has 1 rings (SSSR count).